The molecule has 0 aliphatic rings. The molecule has 3 aromatic carbocycles. The smallest absolute Gasteiger partial charge is 0.250 e. The first-order valence-electron chi connectivity index (χ1n) is 10.5. The number of thioether (sulfide) groups is 1. The van der Waals surface area contributed by atoms with Gasteiger partial charge < -0.3 is 4.57 Å². The van der Waals surface area contributed by atoms with Gasteiger partial charge in [-0.3, -0.25) is 4.79 Å². The monoisotopic (exact) mass is 474 g/mol. The number of fused-ring (bicyclic) bond motifs is 1. The lowest BCUT2D eigenvalue weighted by Crippen LogP contribution is -2.20. The van der Waals surface area contributed by atoms with E-state index in [0.717, 1.165) is 21.8 Å². The second-order valence-electron chi connectivity index (χ2n) is 7.48. The standard InChI is InChI=1S/C26H23ClN4OS/c1-19-11-13-21(14-12-19)17-31-24-10-6-5-9-23(24)29-26(31)33-18-25(32)30-28-16-22(27)15-20-7-3-2-4-8-20/h2-16H,17-18H2,1H3,(H,30,32)/b22-15-,28-16+. The molecule has 0 saturated carbocycles. The van der Waals surface area contributed by atoms with Gasteiger partial charge >= 0.3 is 0 Å². The van der Waals surface area contributed by atoms with Crippen LogP contribution in [0.5, 0.6) is 0 Å². The molecule has 0 spiro atoms. The largest absolute Gasteiger partial charge is 0.314 e. The van der Waals surface area contributed by atoms with Crippen LogP contribution in [-0.2, 0) is 11.3 Å². The van der Waals surface area contributed by atoms with E-state index in [4.69, 9.17) is 16.6 Å². The lowest BCUT2D eigenvalue weighted by molar-refractivity contribution is -0.118. The fourth-order valence-electron chi connectivity index (χ4n) is 3.27. The van der Waals surface area contributed by atoms with Crippen molar-refractivity contribution in [1.82, 2.24) is 15.0 Å². The zero-order valence-corrected chi connectivity index (χ0v) is 19.7. The molecule has 0 unspecified atom stereocenters. The van der Waals surface area contributed by atoms with Crippen LogP contribution in [0.4, 0.5) is 0 Å². The van der Waals surface area contributed by atoms with E-state index in [0.29, 0.717) is 11.6 Å². The van der Waals surface area contributed by atoms with Gasteiger partial charge in [0.15, 0.2) is 5.16 Å². The van der Waals surface area contributed by atoms with E-state index in [1.807, 2.05) is 54.6 Å². The Labute approximate surface area is 202 Å². The number of aryl methyl sites for hydroxylation is 1. The molecule has 1 aromatic heterocycles. The number of nitrogens with one attached hydrogen (secondary N) is 1. The lowest BCUT2D eigenvalue weighted by atomic mass is 10.1. The van der Waals surface area contributed by atoms with Crippen molar-refractivity contribution in [3.8, 4) is 0 Å². The summed E-state index contributed by atoms with van der Waals surface area (Å²) in [6, 6.07) is 26.1. The quantitative estimate of drug-likeness (QED) is 0.197. The van der Waals surface area contributed by atoms with Crippen LogP contribution in [0.2, 0.25) is 0 Å². The predicted octanol–water partition coefficient (Wildman–Crippen LogP) is 5.87. The van der Waals surface area contributed by atoms with Gasteiger partial charge in [-0.2, -0.15) is 5.10 Å². The number of para-hydroxylation sites is 2. The third kappa shape index (κ3) is 6.34. The second kappa shape index (κ2) is 11.0. The van der Waals surface area contributed by atoms with Crippen LogP contribution < -0.4 is 5.43 Å². The average Bonchev–Trinajstić information content (AvgIpc) is 3.17. The van der Waals surface area contributed by atoms with Crippen LogP contribution in [0, 0.1) is 6.92 Å². The minimum absolute atomic E-state index is 0.189. The third-order valence-corrected chi connectivity index (χ3v) is 6.08. The highest BCUT2D eigenvalue weighted by Crippen LogP contribution is 2.25. The van der Waals surface area contributed by atoms with Gasteiger partial charge in [0.05, 0.1) is 34.6 Å². The number of amides is 1. The number of imidazole rings is 1. The number of hydrogen-bond donors (Lipinski definition) is 1. The van der Waals surface area contributed by atoms with Gasteiger partial charge in [0, 0.05) is 0 Å². The average molecular weight is 475 g/mol. The number of benzene rings is 3. The highest BCUT2D eigenvalue weighted by Gasteiger charge is 2.13. The van der Waals surface area contributed by atoms with Crippen LogP contribution in [0.25, 0.3) is 17.1 Å². The molecule has 33 heavy (non-hydrogen) atoms. The fourth-order valence-corrected chi connectivity index (χ4v) is 4.25. The van der Waals surface area contributed by atoms with Gasteiger partial charge in [0.1, 0.15) is 0 Å². The van der Waals surface area contributed by atoms with E-state index < -0.39 is 0 Å². The normalized spacial score (nSPS) is 11.9. The van der Waals surface area contributed by atoms with Crippen LogP contribution in [0.15, 0.2) is 94.2 Å². The molecular formula is C26H23ClN4OS. The Kier molecular flexibility index (Phi) is 7.60. The number of halogens is 1. The van der Waals surface area contributed by atoms with E-state index >= 15 is 0 Å². The molecule has 0 radical (unpaired) electrons. The minimum Gasteiger partial charge on any atom is -0.314 e. The van der Waals surface area contributed by atoms with E-state index in [2.05, 4.69) is 46.3 Å². The summed E-state index contributed by atoms with van der Waals surface area (Å²) in [5.74, 6) is -0.0384. The summed E-state index contributed by atoms with van der Waals surface area (Å²) in [4.78, 5) is 17.1. The summed E-state index contributed by atoms with van der Waals surface area (Å²) in [6.45, 7) is 2.76. The van der Waals surface area contributed by atoms with E-state index in [1.54, 1.807) is 6.08 Å². The van der Waals surface area contributed by atoms with Crippen LogP contribution in [-0.4, -0.2) is 27.4 Å². The molecule has 4 aromatic rings. The van der Waals surface area contributed by atoms with Gasteiger partial charge in [-0.1, -0.05) is 95.7 Å². The summed E-state index contributed by atoms with van der Waals surface area (Å²) in [5, 5.41) is 5.17. The Morgan fingerprint density at radius 2 is 1.79 bits per heavy atom. The fraction of sp³-hybridized carbons (Fsp3) is 0.115. The maximum Gasteiger partial charge on any atom is 0.250 e. The van der Waals surface area contributed by atoms with Crippen molar-refractivity contribution < 1.29 is 4.79 Å². The molecule has 7 heteroatoms. The maximum atomic E-state index is 12.3. The molecule has 166 valence electrons. The first-order valence-corrected chi connectivity index (χ1v) is 11.8. The molecule has 1 heterocycles. The third-order valence-electron chi connectivity index (χ3n) is 4.89. The lowest BCUT2D eigenvalue weighted by Gasteiger charge is -2.09. The second-order valence-corrected chi connectivity index (χ2v) is 8.86. The van der Waals surface area contributed by atoms with Gasteiger partial charge in [0.25, 0.3) is 5.91 Å². The number of rotatable bonds is 8. The maximum absolute atomic E-state index is 12.3. The first-order chi connectivity index (χ1) is 16.1. The van der Waals surface area contributed by atoms with Crippen molar-refractivity contribution in [3.05, 3.63) is 101 Å². The molecule has 0 saturated heterocycles. The highest BCUT2D eigenvalue weighted by atomic mass is 35.5. The Balaban J connectivity index is 1.40. The number of nitrogens with zero attached hydrogens (tertiary/aromatic N) is 3. The summed E-state index contributed by atoms with van der Waals surface area (Å²) in [7, 11) is 0. The summed E-state index contributed by atoms with van der Waals surface area (Å²) >= 11 is 7.55. The molecule has 1 amide bonds. The highest BCUT2D eigenvalue weighted by molar-refractivity contribution is 7.99. The Hall–Kier alpha value is -3.35. The number of hydrogen-bond acceptors (Lipinski definition) is 4. The number of allylic oxidation sites excluding steroid dienone is 1. The van der Waals surface area contributed by atoms with E-state index in [-0.39, 0.29) is 11.7 Å². The molecular weight excluding hydrogens is 452 g/mol. The molecule has 0 atom stereocenters. The molecule has 5 nitrogen and oxygen atoms in total. The van der Waals surface area contributed by atoms with Crippen molar-refractivity contribution in [2.24, 2.45) is 5.10 Å². The van der Waals surface area contributed by atoms with Gasteiger partial charge in [-0.05, 0) is 36.3 Å². The van der Waals surface area contributed by atoms with Crippen LogP contribution in [0.1, 0.15) is 16.7 Å². The van der Waals surface area contributed by atoms with Crippen LogP contribution in [0.3, 0.4) is 0 Å². The number of aromatic nitrogens is 2. The summed E-state index contributed by atoms with van der Waals surface area (Å²) < 4.78 is 2.14. The van der Waals surface area contributed by atoms with Crippen molar-refractivity contribution in [1.29, 1.82) is 0 Å². The van der Waals surface area contributed by atoms with Crippen molar-refractivity contribution >= 4 is 52.6 Å². The van der Waals surface area contributed by atoms with E-state index in [1.165, 1.54) is 29.1 Å². The summed E-state index contributed by atoms with van der Waals surface area (Å²) in [6.07, 6.45) is 3.20. The van der Waals surface area contributed by atoms with Gasteiger partial charge in [0.2, 0.25) is 0 Å². The number of carbonyl (C=O) groups is 1. The first kappa shape index (κ1) is 22.8. The molecule has 0 bridgehead atoms. The molecule has 0 aliphatic heterocycles. The molecule has 4 rings (SSSR count). The molecule has 1 N–H and O–H groups in total. The topological polar surface area (TPSA) is 59.3 Å². The van der Waals surface area contributed by atoms with E-state index in [9.17, 15) is 4.79 Å². The SMILES string of the molecule is Cc1ccc(Cn2c(SCC(=O)N/N=C/C(Cl)=C/c3ccccc3)nc3ccccc32)cc1. The molecule has 0 fully saturated rings. The Bertz CT molecular complexity index is 1300. The summed E-state index contributed by atoms with van der Waals surface area (Å²) in [5.41, 5.74) is 7.83. The molecule has 0 aliphatic carbocycles. The Morgan fingerprint density at radius 3 is 2.58 bits per heavy atom. The zero-order chi connectivity index (χ0) is 23.0. The van der Waals surface area contributed by atoms with Crippen molar-refractivity contribution in [2.75, 3.05) is 5.75 Å². The van der Waals surface area contributed by atoms with Crippen LogP contribution >= 0.6 is 23.4 Å². The predicted molar refractivity (Wildman–Crippen MR) is 138 cm³/mol. The number of carbonyl (C=O) groups excluding carboxylic acids is 1. The number of hydrazone groups is 1. The van der Waals surface area contributed by atoms with Crippen molar-refractivity contribution in [2.45, 2.75) is 18.6 Å². The van der Waals surface area contributed by atoms with Gasteiger partial charge in [-0.25, -0.2) is 10.4 Å². The minimum atomic E-state index is -0.227. The van der Waals surface area contributed by atoms with Crippen molar-refractivity contribution in [3.63, 3.8) is 0 Å². The zero-order valence-electron chi connectivity index (χ0n) is 18.1. The van der Waals surface area contributed by atoms with Gasteiger partial charge in [-0.15, -0.1) is 0 Å². The Morgan fingerprint density at radius 1 is 1.06 bits per heavy atom.